The zero-order chi connectivity index (χ0) is 18.0. The van der Waals surface area contributed by atoms with Crippen LogP contribution in [0.1, 0.15) is 26.3 Å². The number of benzene rings is 1. The standard InChI is InChI=1S/C18H23N5O2/c1-18(2,3)23-15-14(11-20-23)16(24)22-17(21-15)19-9-8-12-6-5-7-13(10-12)25-4/h5-7,10-11H,8-9H2,1-4H3,(H2,19,21,22,24). The van der Waals surface area contributed by atoms with Crippen LogP contribution < -0.4 is 15.6 Å². The molecule has 2 aromatic heterocycles. The molecule has 0 fully saturated rings. The quantitative estimate of drug-likeness (QED) is 0.745. The second kappa shape index (κ2) is 6.58. The van der Waals surface area contributed by atoms with Crippen molar-refractivity contribution in [1.82, 2.24) is 19.7 Å². The number of hydrogen-bond donors (Lipinski definition) is 2. The molecule has 0 aliphatic rings. The second-order valence-corrected chi connectivity index (χ2v) is 6.91. The smallest absolute Gasteiger partial charge is 0.263 e. The Hall–Kier alpha value is -2.83. The van der Waals surface area contributed by atoms with Crippen LogP contribution in [-0.4, -0.2) is 33.4 Å². The van der Waals surface area contributed by atoms with E-state index in [1.54, 1.807) is 18.0 Å². The van der Waals surface area contributed by atoms with Crippen LogP contribution in [0.2, 0.25) is 0 Å². The average molecular weight is 341 g/mol. The molecule has 7 nitrogen and oxygen atoms in total. The zero-order valence-corrected chi connectivity index (χ0v) is 15.0. The lowest BCUT2D eigenvalue weighted by molar-refractivity contribution is 0.366. The molecular formula is C18H23N5O2. The van der Waals surface area contributed by atoms with Gasteiger partial charge in [-0.15, -0.1) is 0 Å². The van der Waals surface area contributed by atoms with Crippen molar-refractivity contribution >= 4 is 17.0 Å². The third kappa shape index (κ3) is 3.65. The summed E-state index contributed by atoms with van der Waals surface area (Å²) in [6.07, 6.45) is 2.35. The zero-order valence-electron chi connectivity index (χ0n) is 15.0. The Kier molecular flexibility index (Phi) is 4.48. The molecule has 0 unspecified atom stereocenters. The highest BCUT2D eigenvalue weighted by atomic mass is 16.5. The molecule has 0 spiro atoms. The molecule has 2 heterocycles. The maximum atomic E-state index is 12.3. The number of anilines is 1. The van der Waals surface area contributed by atoms with Crippen molar-refractivity contribution in [2.45, 2.75) is 32.7 Å². The van der Waals surface area contributed by atoms with Gasteiger partial charge < -0.3 is 10.1 Å². The number of hydrogen-bond acceptors (Lipinski definition) is 5. The molecule has 7 heteroatoms. The predicted molar refractivity (Wildman–Crippen MR) is 98.3 cm³/mol. The summed E-state index contributed by atoms with van der Waals surface area (Å²) >= 11 is 0. The van der Waals surface area contributed by atoms with E-state index in [2.05, 4.69) is 20.4 Å². The number of nitrogens with zero attached hydrogens (tertiary/aromatic N) is 3. The molecule has 0 saturated carbocycles. The lowest BCUT2D eigenvalue weighted by Crippen LogP contribution is -2.24. The van der Waals surface area contributed by atoms with Gasteiger partial charge in [0.1, 0.15) is 11.1 Å². The fraction of sp³-hybridized carbons (Fsp3) is 0.389. The molecule has 1 aromatic carbocycles. The Bertz CT molecular complexity index is 937. The number of H-pyrrole nitrogens is 1. The first-order valence-corrected chi connectivity index (χ1v) is 8.24. The molecule has 3 rings (SSSR count). The van der Waals surface area contributed by atoms with Gasteiger partial charge in [0.25, 0.3) is 5.56 Å². The third-order valence-corrected chi connectivity index (χ3v) is 3.91. The van der Waals surface area contributed by atoms with E-state index in [-0.39, 0.29) is 11.1 Å². The number of ether oxygens (including phenoxy) is 1. The fourth-order valence-electron chi connectivity index (χ4n) is 2.65. The van der Waals surface area contributed by atoms with E-state index in [0.717, 1.165) is 17.7 Å². The summed E-state index contributed by atoms with van der Waals surface area (Å²) in [5, 5.41) is 7.99. The normalized spacial score (nSPS) is 11.7. The van der Waals surface area contributed by atoms with Gasteiger partial charge in [-0.25, -0.2) is 4.68 Å². The molecule has 0 aliphatic heterocycles. The Morgan fingerprint density at radius 1 is 1.32 bits per heavy atom. The molecule has 0 atom stereocenters. The van der Waals surface area contributed by atoms with Crippen molar-refractivity contribution in [3.63, 3.8) is 0 Å². The van der Waals surface area contributed by atoms with Crippen molar-refractivity contribution in [2.24, 2.45) is 0 Å². The van der Waals surface area contributed by atoms with Crippen molar-refractivity contribution in [3.05, 3.63) is 46.4 Å². The van der Waals surface area contributed by atoms with Crippen LogP contribution in [0.4, 0.5) is 5.95 Å². The minimum Gasteiger partial charge on any atom is -0.497 e. The van der Waals surface area contributed by atoms with Crippen LogP contribution in [0.15, 0.2) is 35.3 Å². The SMILES string of the molecule is COc1cccc(CCNc2nc3c(cnn3C(C)(C)C)c(=O)[nH]2)c1. The van der Waals surface area contributed by atoms with Gasteiger partial charge in [0.15, 0.2) is 5.65 Å². The molecule has 132 valence electrons. The van der Waals surface area contributed by atoms with Crippen LogP contribution in [0.25, 0.3) is 11.0 Å². The lowest BCUT2D eigenvalue weighted by atomic mass is 10.1. The fourth-order valence-corrected chi connectivity index (χ4v) is 2.65. The average Bonchev–Trinajstić information content (AvgIpc) is 3.00. The van der Waals surface area contributed by atoms with Gasteiger partial charge in [-0.3, -0.25) is 9.78 Å². The third-order valence-electron chi connectivity index (χ3n) is 3.91. The minimum atomic E-state index is -0.250. The number of nitrogens with one attached hydrogen (secondary N) is 2. The first-order valence-electron chi connectivity index (χ1n) is 8.24. The van der Waals surface area contributed by atoms with Crippen LogP contribution >= 0.6 is 0 Å². The summed E-state index contributed by atoms with van der Waals surface area (Å²) in [5.74, 6) is 1.28. The molecule has 0 amide bonds. The Morgan fingerprint density at radius 3 is 2.84 bits per heavy atom. The van der Waals surface area contributed by atoms with E-state index in [1.807, 2.05) is 45.0 Å². The number of methoxy groups -OCH3 is 1. The maximum Gasteiger partial charge on any atom is 0.263 e. The van der Waals surface area contributed by atoms with E-state index < -0.39 is 0 Å². The molecule has 3 aromatic rings. The summed E-state index contributed by atoms with van der Waals surface area (Å²) in [6.45, 7) is 6.72. The maximum absolute atomic E-state index is 12.3. The molecule has 2 N–H and O–H groups in total. The number of rotatable bonds is 5. The predicted octanol–water partition coefficient (Wildman–Crippen LogP) is 2.54. The van der Waals surface area contributed by atoms with E-state index in [9.17, 15) is 4.79 Å². The summed E-state index contributed by atoms with van der Waals surface area (Å²) < 4.78 is 7.00. The summed E-state index contributed by atoms with van der Waals surface area (Å²) in [4.78, 5) is 19.6. The van der Waals surface area contributed by atoms with E-state index in [4.69, 9.17) is 4.74 Å². The second-order valence-electron chi connectivity index (χ2n) is 6.91. The van der Waals surface area contributed by atoms with Crippen LogP contribution in [0.5, 0.6) is 5.75 Å². The van der Waals surface area contributed by atoms with Crippen molar-refractivity contribution in [3.8, 4) is 5.75 Å². The van der Waals surface area contributed by atoms with Gasteiger partial charge in [-0.1, -0.05) is 12.1 Å². The first-order chi connectivity index (χ1) is 11.9. The number of aromatic nitrogens is 4. The van der Waals surface area contributed by atoms with Crippen molar-refractivity contribution in [1.29, 1.82) is 0 Å². The highest BCUT2D eigenvalue weighted by molar-refractivity contribution is 5.74. The van der Waals surface area contributed by atoms with Crippen LogP contribution in [-0.2, 0) is 12.0 Å². The van der Waals surface area contributed by atoms with E-state index in [0.29, 0.717) is 23.5 Å². The van der Waals surface area contributed by atoms with Crippen molar-refractivity contribution < 1.29 is 4.74 Å². The lowest BCUT2D eigenvalue weighted by Gasteiger charge is -2.19. The summed E-state index contributed by atoms with van der Waals surface area (Å²) in [7, 11) is 1.65. The largest absolute Gasteiger partial charge is 0.497 e. The highest BCUT2D eigenvalue weighted by Gasteiger charge is 2.19. The van der Waals surface area contributed by atoms with Gasteiger partial charge in [-0.2, -0.15) is 10.1 Å². The summed E-state index contributed by atoms with van der Waals surface area (Å²) in [6, 6.07) is 7.91. The Balaban J connectivity index is 1.78. The monoisotopic (exact) mass is 341 g/mol. The van der Waals surface area contributed by atoms with Gasteiger partial charge in [0.2, 0.25) is 5.95 Å². The van der Waals surface area contributed by atoms with E-state index in [1.165, 1.54) is 0 Å². The highest BCUT2D eigenvalue weighted by Crippen LogP contribution is 2.19. The molecule has 0 radical (unpaired) electrons. The Morgan fingerprint density at radius 2 is 2.12 bits per heavy atom. The van der Waals surface area contributed by atoms with Gasteiger partial charge in [0, 0.05) is 6.54 Å². The number of aromatic amines is 1. The minimum absolute atomic E-state index is 0.190. The van der Waals surface area contributed by atoms with E-state index >= 15 is 0 Å². The first kappa shape index (κ1) is 17.0. The van der Waals surface area contributed by atoms with Crippen molar-refractivity contribution in [2.75, 3.05) is 19.0 Å². The molecular weight excluding hydrogens is 318 g/mol. The molecule has 0 bridgehead atoms. The molecule has 0 aliphatic carbocycles. The van der Waals surface area contributed by atoms with Crippen LogP contribution in [0, 0.1) is 0 Å². The van der Waals surface area contributed by atoms with Gasteiger partial charge >= 0.3 is 0 Å². The molecule has 0 saturated heterocycles. The van der Waals surface area contributed by atoms with Gasteiger partial charge in [-0.05, 0) is 44.9 Å². The Labute approximate surface area is 146 Å². The number of fused-ring (bicyclic) bond motifs is 1. The summed E-state index contributed by atoms with van der Waals surface area (Å²) in [5.41, 5.74) is 1.29. The molecule has 25 heavy (non-hydrogen) atoms. The topological polar surface area (TPSA) is 84.8 Å². The van der Waals surface area contributed by atoms with Gasteiger partial charge in [0.05, 0.1) is 18.8 Å². The van der Waals surface area contributed by atoms with Crippen LogP contribution in [0.3, 0.4) is 0 Å².